The Hall–Kier alpha value is -2.99. The molecule has 132 valence electrons. The molecule has 1 aliphatic rings. The predicted octanol–water partition coefficient (Wildman–Crippen LogP) is 2.84. The Labute approximate surface area is 151 Å². The molecule has 1 aromatic carbocycles. The first-order valence-electron chi connectivity index (χ1n) is 8.76. The molecule has 3 aromatic rings. The molecule has 1 saturated heterocycles. The first kappa shape index (κ1) is 16.5. The Morgan fingerprint density at radius 3 is 2.85 bits per heavy atom. The van der Waals surface area contributed by atoms with Crippen LogP contribution in [0.15, 0.2) is 61.1 Å². The number of nitrogens with zero attached hydrogens (tertiary/aromatic N) is 3. The van der Waals surface area contributed by atoms with E-state index in [4.69, 9.17) is 4.74 Å². The number of rotatable bonds is 5. The second-order valence-electron chi connectivity index (χ2n) is 6.26. The molecular formula is C20H20N4O2. The van der Waals surface area contributed by atoms with Gasteiger partial charge in [0.25, 0.3) is 5.91 Å². The molecule has 6 heteroatoms. The molecule has 0 spiro atoms. The van der Waals surface area contributed by atoms with Gasteiger partial charge in [0, 0.05) is 37.3 Å². The van der Waals surface area contributed by atoms with Gasteiger partial charge in [-0.05, 0) is 37.1 Å². The van der Waals surface area contributed by atoms with E-state index in [-0.39, 0.29) is 12.0 Å². The van der Waals surface area contributed by atoms with Crippen LogP contribution in [0.1, 0.15) is 23.2 Å². The largest absolute Gasteiger partial charge is 0.376 e. The fraction of sp³-hybridized carbons (Fsp3) is 0.250. The van der Waals surface area contributed by atoms with E-state index in [1.807, 2.05) is 42.5 Å². The SMILES string of the molecule is O=C(NC[C@@H]1CCCO1)c1cn(-c2ccccc2)nc1-c1cccnc1. The van der Waals surface area contributed by atoms with Crippen LogP contribution in [-0.4, -0.2) is 39.9 Å². The molecule has 1 atom stereocenters. The average molecular weight is 348 g/mol. The molecule has 4 rings (SSSR count). The van der Waals surface area contributed by atoms with Gasteiger partial charge in [0.05, 0.1) is 17.4 Å². The maximum Gasteiger partial charge on any atom is 0.255 e. The average Bonchev–Trinajstić information content (AvgIpc) is 3.37. The molecule has 0 saturated carbocycles. The minimum Gasteiger partial charge on any atom is -0.376 e. The number of benzene rings is 1. The standard InChI is InChI=1S/C20H20N4O2/c25-20(22-13-17-9-5-11-26-17)18-14-24(16-7-2-1-3-8-16)23-19(18)15-6-4-10-21-12-15/h1-4,6-8,10,12,14,17H,5,9,11,13H2,(H,22,25)/t17-/m0/s1. The van der Waals surface area contributed by atoms with Gasteiger partial charge in [-0.25, -0.2) is 4.68 Å². The second-order valence-corrected chi connectivity index (χ2v) is 6.26. The molecule has 1 fully saturated rings. The van der Waals surface area contributed by atoms with Crippen molar-refractivity contribution in [3.05, 3.63) is 66.6 Å². The van der Waals surface area contributed by atoms with E-state index in [0.29, 0.717) is 17.8 Å². The molecule has 1 amide bonds. The third-order valence-corrected chi connectivity index (χ3v) is 4.43. The molecule has 0 bridgehead atoms. The molecule has 0 aliphatic carbocycles. The van der Waals surface area contributed by atoms with Crippen LogP contribution < -0.4 is 5.32 Å². The zero-order valence-electron chi connectivity index (χ0n) is 14.3. The number of carbonyl (C=O) groups excluding carboxylic acids is 1. The van der Waals surface area contributed by atoms with Gasteiger partial charge >= 0.3 is 0 Å². The molecule has 6 nitrogen and oxygen atoms in total. The Balaban J connectivity index is 1.65. The topological polar surface area (TPSA) is 69.0 Å². The van der Waals surface area contributed by atoms with Crippen molar-refractivity contribution in [2.75, 3.05) is 13.2 Å². The van der Waals surface area contributed by atoms with Crippen LogP contribution in [0.25, 0.3) is 16.9 Å². The second kappa shape index (κ2) is 7.49. The van der Waals surface area contributed by atoms with E-state index in [1.54, 1.807) is 23.3 Å². The van der Waals surface area contributed by atoms with Crippen molar-refractivity contribution in [2.45, 2.75) is 18.9 Å². The smallest absolute Gasteiger partial charge is 0.255 e. The summed E-state index contributed by atoms with van der Waals surface area (Å²) >= 11 is 0. The number of hydrogen-bond acceptors (Lipinski definition) is 4. The highest BCUT2D eigenvalue weighted by atomic mass is 16.5. The van der Waals surface area contributed by atoms with Crippen LogP contribution in [0.5, 0.6) is 0 Å². The molecular weight excluding hydrogens is 328 g/mol. The maximum atomic E-state index is 12.8. The number of aromatic nitrogens is 3. The first-order valence-corrected chi connectivity index (χ1v) is 8.76. The summed E-state index contributed by atoms with van der Waals surface area (Å²) < 4.78 is 7.31. The van der Waals surface area contributed by atoms with E-state index in [1.165, 1.54) is 0 Å². The number of nitrogens with one attached hydrogen (secondary N) is 1. The maximum absolute atomic E-state index is 12.8. The van der Waals surface area contributed by atoms with Gasteiger partial charge in [-0.15, -0.1) is 0 Å². The quantitative estimate of drug-likeness (QED) is 0.770. The lowest BCUT2D eigenvalue weighted by Crippen LogP contribution is -2.31. The highest BCUT2D eigenvalue weighted by Crippen LogP contribution is 2.23. The van der Waals surface area contributed by atoms with Crippen molar-refractivity contribution in [1.82, 2.24) is 20.1 Å². The molecule has 26 heavy (non-hydrogen) atoms. The fourth-order valence-corrected chi connectivity index (χ4v) is 3.08. The van der Waals surface area contributed by atoms with Gasteiger partial charge in [-0.3, -0.25) is 9.78 Å². The zero-order valence-corrected chi connectivity index (χ0v) is 14.3. The summed E-state index contributed by atoms with van der Waals surface area (Å²) in [6.45, 7) is 1.29. The summed E-state index contributed by atoms with van der Waals surface area (Å²) in [5.41, 5.74) is 2.85. The minimum absolute atomic E-state index is 0.102. The van der Waals surface area contributed by atoms with Crippen LogP contribution >= 0.6 is 0 Å². The third-order valence-electron chi connectivity index (χ3n) is 4.43. The van der Waals surface area contributed by atoms with E-state index in [2.05, 4.69) is 15.4 Å². The third kappa shape index (κ3) is 3.50. The van der Waals surface area contributed by atoms with Gasteiger partial charge < -0.3 is 10.1 Å². The van der Waals surface area contributed by atoms with Gasteiger partial charge in [0.15, 0.2) is 0 Å². The Bertz CT molecular complexity index is 871. The molecule has 0 radical (unpaired) electrons. The van der Waals surface area contributed by atoms with Crippen LogP contribution in [-0.2, 0) is 4.74 Å². The number of ether oxygens (including phenoxy) is 1. The summed E-state index contributed by atoms with van der Waals surface area (Å²) in [5.74, 6) is -0.151. The summed E-state index contributed by atoms with van der Waals surface area (Å²) in [6, 6.07) is 13.5. The van der Waals surface area contributed by atoms with Crippen molar-refractivity contribution < 1.29 is 9.53 Å². The molecule has 2 aromatic heterocycles. The summed E-state index contributed by atoms with van der Waals surface area (Å²) in [7, 11) is 0. The van der Waals surface area contributed by atoms with Crippen LogP contribution in [0.2, 0.25) is 0 Å². The summed E-state index contributed by atoms with van der Waals surface area (Å²) in [5, 5.41) is 7.61. The summed E-state index contributed by atoms with van der Waals surface area (Å²) in [4.78, 5) is 17.0. The van der Waals surface area contributed by atoms with E-state index in [9.17, 15) is 4.79 Å². The number of carbonyl (C=O) groups is 1. The van der Waals surface area contributed by atoms with E-state index < -0.39 is 0 Å². The van der Waals surface area contributed by atoms with Crippen molar-refractivity contribution >= 4 is 5.91 Å². The van der Waals surface area contributed by atoms with Crippen molar-refractivity contribution in [1.29, 1.82) is 0 Å². The van der Waals surface area contributed by atoms with Crippen molar-refractivity contribution in [2.24, 2.45) is 0 Å². The zero-order chi connectivity index (χ0) is 17.8. The molecule has 1 N–H and O–H groups in total. The Kier molecular flexibility index (Phi) is 4.75. The predicted molar refractivity (Wildman–Crippen MR) is 98.1 cm³/mol. The van der Waals surface area contributed by atoms with Crippen molar-refractivity contribution in [3.8, 4) is 16.9 Å². The van der Waals surface area contributed by atoms with Gasteiger partial charge in [0.2, 0.25) is 0 Å². The van der Waals surface area contributed by atoms with Crippen LogP contribution in [0, 0.1) is 0 Å². The van der Waals surface area contributed by atoms with Gasteiger partial charge in [-0.2, -0.15) is 5.10 Å². The van der Waals surface area contributed by atoms with Crippen LogP contribution in [0.4, 0.5) is 0 Å². The van der Waals surface area contributed by atoms with Crippen molar-refractivity contribution in [3.63, 3.8) is 0 Å². The monoisotopic (exact) mass is 348 g/mol. The van der Waals surface area contributed by atoms with Crippen LogP contribution in [0.3, 0.4) is 0 Å². The van der Waals surface area contributed by atoms with Gasteiger partial charge in [-0.1, -0.05) is 18.2 Å². The number of para-hydroxylation sites is 1. The number of pyridine rings is 1. The lowest BCUT2D eigenvalue weighted by Gasteiger charge is -2.10. The van der Waals surface area contributed by atoms with E-state index in [0.717, 1.165) is 30.7 Å². The fourth-order valence-electron chi connectivity index (χ4n) is 3.08. The normalized spacial score (nSPS) is 16.5. The first-order chi connectivity index (χ1) is 12.8. The summed E-state index contributed by atoms with van der Waals surface area (Å²) in [6.07, 6.45) is 7.32. The lowest BCUT2D eigenvalue weighted by atomic mass is 10.1. The highest BCUT2D eigenvalue weighted by Gasteiger charge is 2.21. The Morgan fingerprint density at radius 1 is 1.23 bits per heavy atom. The highest BCUT2D eigenvalue weighted by molar-refractivity contribution is 5.99. The lowest BCUT2D eigenvalue weighted by molar-refractivity contribution is 0.0858. The number of amides is 1. The molecule has 3 heterocycles. The molecule has 1 aliphatic heterocycles. The molecule has 0 unspecified atom stereocenters. The Morgan fingerprint density at radius 2 is 2.12 bits per heavy atom. The number of hydrogen-bond donors (Lipinski definition) is 1. The minimum atomic E-state index is -0.151. The van der Waals surface area contributed by atoms with Gasteiger partial charge in [0.1, 0.15) is 5.69 Å². The van der Waals surface area contributed by atoms with E-state index >= 15 is 0 Å².